The third-order valence-corrected chi connectivity index (χ3v) is 1.89. The van der Waals surface area contributed by atoms with E-state index in [-0.39, 0.29) is 0 Å². The van der Waals surface area contributed by atoms with E-state index < -0.39 is 0 Å². The molecule has 4 nitrogen and oxygen atoms in total. The van der Waals surface area contributed by atoms with Gasteiger partial charge in [0, 0.05) is 26.7 Å². The molecule has 64 valence electrons. The van der Waals surface area contributed by atoms with Crippen LogP contribution in [-0.2, 0) is 0 Å². The Balaban J connectivity index is 2.36. The van der Waals surface area contributed by atoms with Gasteiger partial charge in [0.1, 0.15) is 0 Å². The molecule has 0 atom stereocenters. The summed E-state index contributed by atoms with van der Waals surface area (Å²) in [6.07, 6.45) is 1.13. The first kappa shape index (κ1) is 8.33. The molecular formula is C7H16N4. The molecular weight excluding hydrogens is 140 g/mol. The first-order valence-electron chi connectivity index (χ1n) is 4.06. The van der Waals surface area contributed by atoms with Crippen molar-refractivity contribution in [3.63, 3.8) is 0 Å². The van der Waals surface area contributed by atoms with Gasteiger partial charge in [-0.3, -0.25) is 5.41 Å². The minimum absolute atomic E-state index is 0.536. The fourth-order valence-electron chi connectivity index (χ4n) is 1.23. The van der Waals surface area contributed by atoms with E-state index >= 15 is 0 Å². The molecule has 0 bridgehead atoms. The van der Waals surface area contributed by atoms with Gasteiger partial charge in [-0.25, -0.2) is 0 Å². The Kier molecular flexibility index (Phi) is 3.16. The highest BCUT2D eigenvalue weighted by atomic mass is 15.3. The minimum Gasteiger partial charge on any atom is -0.359 e. The van der Waals surface area contributed by atoms with Crippen LogP contribution < -0.4 is 10.6 Å². The van der Waals surface area contributed by atoms with Crippen molar-refractivity contribution >= 4 is 5.96 Å². The summed E-state index contributed by atoms with van der Waals surface area (Å²) < 4.78 is 0. The molecule has 11 heavy (non-hydrogen) atoms. The Morgan fingerprint density at radius 1 is 1.45 bits per heavy atom. The lowest BCUT2D eigenvalue weighted by molar-refractivity contribution is 0.430. The van der Waals surface area contributed by atoms with Gasteiger partial charge in [0.15, 0.2) is 5.96 Å². The topological polar surface area (TPSA) is 51.2 Å². The van der Waals surface area contributed by atoms with Crippen LogP contribution in [0, 0.1) is 5.41 Å². The number of nitrogens with one attached hydrogen (secondary N) is 3. The molecule has 1 heterocycles. The minimum atomic E-state index is 0.536. The maximum Gasteiger partial charge on any atom is 0.190 e. The molecule has 0 radical (unpaired) electrons. The quantitative estimate of drug-likeness (QED) is 0.325. The molecule has 0 aromatic carbocycles. The van der Waals surface area contributed by atoms with E-state index in [1.165, 1.54) is 0 Å². The van der Waals surface area contributed by atoms with Gasteiger partial charge in [0.05, 0.1) is 0 Å². The summed E-state index contributed by atoms with van der Waals surface area (Å²) >= 11 is 0. The molecule has 0 aromatic heterocycles. The monoisotopic (exact) mass is 156 g/mol. The lowest BCUT2D eigenvalue weighted by Gasteiger charge is -2.21. The Bertz CT molecular complexity index is 126. The second-order valence-electron chi connectivity index (χ2n) is 2.69. The average molecular weight is 156 g/mol. The molecule has 1 saturated heterocycles. The maximum absolute atomic E-state index is 7.52. The van der Waals surface area contributed by atoms with Crippen LogP contribution in [0.3, 0.4) is 0 Å². The molecule has 0 aliphatic carbocycles. The lowest BCUT2D eigenvalue weighted by Crippen LogP contribution is -2.40. The zero-order chi connectivity index (χ0) is 8.10. The smallest absolute Gasteiger partial charge is 0.190 e. The van der Waals surface area contributed by atoms with E-state index in [2.05, 4.69) is 15.5 Å². The average Bonchev–Trinajstić information content (AvgIpc) is 2.30. The zero-order valence-electron chi connectivity index (χ0n) is 6.98. The highest BCUT2D eigenvalue weighted by molar-refractivity contribution is 5.76. The van der Waals surface area contributed by atoms with Crippen LogP contribution in [0.5, 0.6) is 0 Å². The van der Waals surface area contributed by atoms with E-state index in [9.17, 15) is 0 Å². The number of hydrogen-bond acceptors (Lipinski definition) is 2. The summed E-state index contributed by atoms with van der Waals surface area (Å²) in [5.74, 6) is 0.536. The number of rotatable bonds is 0. The lowest BCUT2D eigenvalue weighted by atomic mass is 10.4. The van der Waals surface area contributed by atoms with Gasteiger partial charge in [-0.05, 0) is 13.0 Å². The maximum atomic E-state index is 7.52. The fourth-order valence-corrected chi connectivity index (χ4v) is 1.23. The summed E-state index contributed by atoms with van der Waals surface area (Å²) in [7, 11) is 1.79. The normalized spacial score (nSPS) is 19.2. The van der Waals surface area contributed by atoms with E-state index in [1.807, 2.05) is 0 Å². The molecule has 4 heteroatoms. The van der Waals surface area contributed by atoms with Crippen LogP contribution in [0.15, 0.2) is 0 Å². The van der Waals surface area contributed by atoms with Gasteiger partial charge in [0.2, 0.25) is 0 Å². The van der Waals surface area contributed by atoms with Crippen molar-refractivity contribution in [3.05, 3.63) is 0 Å². The molecule has 3 N–H and O–H groups in total. The molecule has 0 spiro atoms. The first-order valence-corrected chi connectivity index (χ1v) is 4.06. The molecule has 1 aliphatic rings. The Hall–Kier alpha value is -0.770. The summed E-state index contributed by atoms with van der Waals surface area (Å²) in [6.45, 7) is 4.00. The SMILES string of the molecule is CNC(=N)N1CCCNCC1. The van der Waals surface area contributed by atoms with Crippen molar-refractivity contribution < 1.29 is 0 Å². The second kappa shape index (κ2) is 4.18. The standard InChI is InChI=1S/C7H16N4/c1-9-7(8)11-5-2-3-10-4-6-11/h10H,2-6H2,1H3,(H2,8,9). The van der Waals surface area contributed by atoms with Crippen LogP contribution in [0.25, 0.3) is 0 Å². The first-order chi connectivity index (χ1) is 5.34. The van der Waals surface area contributed by atoms with Crippen molar-refractivity contribution in [1.82, 2.24) is 15.5 Å². The predicted octanol–water partition coefficient (Wildman–Crippen LogP) is -0.564. The Labute approximate surface area is 67.5 Å². The molecule has 0 amide bonds. The zero-order valence-corrected chi connectivity index (χ0v) is 6.98. The predicted molar refractivity (Wildman–Crippen MR) is 45.8 cm³/mol. The van der Waals surface area contributed by atoms with Crippen molar-refractivity contribution in [3.8, 4) is 0 Å². The number of hydrogen-bond donors (Lipinski definition) is 3. The van der Waals surface area contributed by atoms with Gasteiger partial charge in [0.25, 0.3) is 0 Å². The summed E-state index contributed by atoms with van der Waals surface area (Å²) in [6, 6.07) is 0. The second-order valence-corrected chi connectivity index (χ2v) is 2.69. The van der Waals surface area contributed by atoms with Gasteiger partial charge in [-0.15, -0.1) is 0 Å². The van der Waals surface area contributed by atoms with E-state index in [1.54, 1.807) is 7.05 Å². The third-order valence-electron chi connectivity index (χ3n) is 1.89. The number of nitrogens with zero attached hydrogens (tertiary/aromatic N) is 1. The summed E-state index contributed by atoms with van der Waals surface area (Å²) in [5.41, 5.74) is 0. The highest BCUT2D eigenvalue weighted by Gasteiger charge is 2.09. The van der Waals surface area contributed by atoms with Gasteiger partial charge < -0.3 is 15.5 Å². The van der Waals surface area contributed by atoms with Crippen LogP contribution in [-0.4, -0.2) is 44.1 Å². The molecule has 0 unspecified atom stereocenters. The van der Waals surface area contributed by atoms with E-state index in [0.717, 1.165) is 32.6 Å². The van der Waals surface area contributed by atoms with Crippen molar-refractivity contribution in [1.29, 1.82) is 5.41 Å². The highest BCUT2D eigenvalue weighted by Crippen LogP contribution is 1.93. The van der Waals surface area contributed by atoms with E-state index in [0.29, 0.717) is 5.96 Å². The van der Waals surface area contributed by atoms with Crippen LogP contribution in [0.4, 0.5) is 0 Å². The molecule has 1 fully saturated rings. The summed E-state index contributed by atoms with van der Waals surface area (Å²) in [5, 5.41) is 13.7. The third kappa shape index (κ3) is 2.38. The van der Waals surface area contributed by atoms with Crippen molar-refractivity contribution in [2.75, 3.05) is 33.2 Å². The molecule has 1 aliphatic heterocycles. The van der Waals surface area contributed by atoms with E-state index in [4.69, 9.17) is 5.41 Å². The Morgan fingerprint density at radius 3 is 3.00 bits per heavy atom. The van der Waals surface area contributed by atoms with Crippen molar-refractivity contribution in [2.45, 2.75) is 6.42 Å². The van der Waals surface area contributed by atoms with Crippen LogP contribution in [0.2, 0.25) is 0 Å². The van der Waals surface area contributed by atoms with Gasteiger partial charge in [-0.2, -0.15) is 0 Å². The van der Waals surface area contributed by atoms with Crippen molar-refractivity contribution in [2.24, 2.45) is 0 Å². The Morgan fingerprint density at radius 2 is 2.27 bits per heavy atom. The van der Waals surface area contributed by atoms with Gasteiger partial charge >= 0.3 is 0 Å². The largest absolute Gasteiger partial charge is 0.359 e. The van der Waals surface area contributed by atoms with Gasteiger partial charge in [-0.1, -0.05) is 0 Å². The summed E-state index contributed by atoms with van der Waals surface area (Å²) in [4.78, 5) is 2.06. The molecule has 1 rings (SSSR count). The molecule has 0 aromatic rings. The fraction of sp³-hybridized carbons (Fsp3) is 0.857. The number of guanidine groups is 1. The van der Waals surface area contributed by atoms with Crippen LogP contribution >= 0.6 is 0 Å². The van der Waals surface area contributed by atoms with Crippen LogP contribution in [0.1, 0.15) is 6.42 Å². The molecule has 0 saturated carbocycles.